The summed E-state index contributed by atoms with van der Waals surface area (Å²) in [7, 11) is 5.93. The number of Topliss-reactive ketones (excluding diaryl/α,β-unsaturated/α-hetero) is 1. The lowest BCUT2D eigenvalue weighted by molar-refractivity contribution is -0.162. The number of esters is 1. The fourth-order valence-corrected chi connectivity index (χ4v) is 12.8. The van der Waals surface area contributed by atoms with Crippen LogP contribution < -0.4 is 36.6 Å². The van der Waals surface area contributed by atoms with Crippen LogP contribution in [-0.2, 0) is 78.6 Å². The molecule has 1 aromatic heterocycles. The van der Waals surface area contributed by atoms with Gasteiger partial charge in [-0.2, -0.15) is 23.5 Å². The van der Waals surface area contributed by atoms with E-state index in [4.69, 9.17) is 41.0 Å². The molecule has 10 atom stereocenters. The summed E-state index contributed by atoms with van der Waals surface area (Å²) in [4.78, 5) is 111. The van der Waals surface area contributed by atoms with Crippen molar-refractivity contribution in [2.75, 3.05) is 57.6 Å². The second-order valence-corrected chi connectivity index (χ2v) is 26.3. The summed E-state index contributed by atoms with van der Waals surface area (Å²) in [5.41, 5.74) is 7.38. The molecule has 3 aromatic rings. The monoisotopic (exact) mass is 1320 g/mol. The number of rotatable bonds is 28. The lowest BCUT2D eigenvalue weighted by Crippen LogP contribution is -2.63. The van der Waals surface area contributed by atoms with Gasteiger partial charge in [0.1, 0.15) is 40.7 Å². The number of anilines is 2. The maximum Gasteiger partial charge on any atom is 0.409 e. The maximum absolute atomic E-state index is 14.5. The van der Waals surface area contributed by atoms with E-state index >= 15 is 0 Å². The summed E-state index contributed by atoms with van der Waals surface area (Å²) in [5, 5.41) is 31.6. The highest BCUT2D eigenvalue weighted by Gasteiger charge is 2.64. The van der Waals surface area contributed by atoms with E-state index in [9.17, 15) is 43.5 Å². The molecule has 0 radical (unpaired) electrons. The number of thioether (sulfide) groups is 2. The third-order valence-corrected chi connectivity index (χ3v) is 18.5. The summed E-state index contributed by atoms with van der Waals surface area (Å²) >= 11 is 10.2. The number of fused-ring (bicyclic) bond motifs is 5. The third kappa shape index (κ3) is 19.9. The summed E-state index contributed by atoms with van der Waals surface area (Å²) in [6, 6.07) is 7.95. The van der Waals surface area contributed by atoms with Crippen molar-refractivity contribution in [2.45, 2.75) is 178 Å². The topological polar surface area (TPSA) is 318 Å². The minimum Gasteiger partial charge on any atom is -0.495 e. The average Bonchev–Trinajstić information content (AvgIpc) is 1.58. The van der Waals surface area contributed by atoms with Crippen molar-refractivity contribution in [3.63, 3.8) is 0 Å². The number of halogens is 1. The Morgan fingerprint density at radius 2 is 1.74 bits per heavy atom. The highest BCUT2D eigenvalue weighted by molar-refractivity contribution is 7.98. The molecule has 24 nitrogen and oxygen atoms in total. The number of likely N-dealkylation sites (N-methyl/N-ethyl adjacent to an activating group) is 1. The van der Waals surface area contributed by atoms with Crippen molar-refractivity contribution < 1.29 is 67.1 Å². The van der Waals surface area contributed by atoms with Crippen molar-refractivity contribution in [1.82, 2.24) is 35.8 Å². The van der Waals surface area contributed by atoms with Gasteiger partial charge in [0.25, 0.3) is 0 Å². The van der Waals surface area contributed by atoms with Gasteiger partial charge in [-0.3, -0.25) is 29.3 Å². The van der Waals surface area contributed by atoms with Gasteiger partial charge in [0, 0.05) is 89.0 Å². The number of ether oxygens (including phenoxy) is 5. The van der Waals surface area contributed by atoms with Crippen molar-refractivity contribution in [3.05, 3.63) is 87.7 Å². The molecule has 0 spiro atoms. The molecule has 6 rings (SSSR count). The molecule has 3 aliphatic rings. The number of aromatic nitrogens is 3. The van der Waals surface area contributed by atoms with Crippen LogP contribution in [0, 0.1) is 17.8 Å². The Hall–Kier alpha value is -6.71. The number of urea groups is 1. The highest BCUT2D eigenvalue weighted by Crippen LogP contribution is 2.49. The fraction of sp³-hybridized carbons (Fsp3) is 0.594. The predicted molar refractivity (Wildman–Crippen MR) is 349 cm³/mol. The van der Waals surface area contributed by atoms with E-state index in [0.717, 1.165) is 39.6 Å². The highest BCUT2D eigenvalue weighted by atomic mass is 35.5. The number of carbonyl (C=O) groups is 8. The van der Waals surface area contributed by atoms with Crippen molar-refractivity contribution in [2.24, 2.45) is 23.5 Å². The van der Waals surface area contributed by atoms with Crippen LogP contribution in [0.4, 0.5) is 21.0 Å². The predicted octanol–water partition coefficient (Wildman–Crippen LogP) is 7.44. The molecule has 500 valence electrons. The van der Waals surface area contributed by atoms with Crippen molar-refractivity contribution >= 4 is 94.0 Å². The number of benzene rings is 2. The number of methoxy groups -OCH3 is 2. The van der Waals surface area contributed by atoms with Crippen LogP contribution in [-0.4, -0.2) is 168 Å². The van der Waals surface area contributed by atoms with Gasteiger partial charge in [-0.05, 0) is 113 Å². The zero-order chi connectivity index (χ0) is 66.9. The largest absolute Gasteiger partial charge is 0.495 e. The number of amides is 7. The van der Waals surface area contributed by atoms with Crippen LogP contribution >= 0.6 is 35.1 Å². The first-order chi connectivity index (χ1) is 43.2. The number of hydrogen-bond acceptors (Lipinski definition) is 18. The van der Waals surface area contributed by atoms with E-state index in [1.165, 1.54) is 38.0 Å². The molecule has 4 heterocycles. The molecule has 7 amide bonds. The molecule has 4 bridgehead atoms. The third-order valence-electron chi connectivity index (χ3n) is 17.0. The van der Waals surface area contributed by atoms with Crippen LogP contribution in [0.3, 0.4) is 0 Å². The van der Waals surface area contributed by atoms with Gasteiger partial charge in [0.05, 0.1) is 42.8 Å². The van der Waals surface area contributed by atoms with E-state index in [1.807, 2.05) is 56.2 Å². The molecule has 7 N–H and O–H groups in total. The van der Waals surface area contributed by atoms with Gasteiger partial charge in [-0.15, -0.1) is 5.10 Å². The molecule has 27 heteroatoms. The smallest absolute Gasteiger partial charge is 0.409 e. The standard InChI is InChI=1S/C64H91ClN10O14S2/c1-37(2)57(69-53(77)21-16-28-75-47(36-91-12)45(35-90-11)71-72-75)48(76)32-43(19-15-27-67-61(66)82)59(80)68-44-25-23-41(24-26-44)18-14-22-54(78)73(7)40(5)60(81)88-52-33-55(79)74(8)46-30-42(31-49(85-9)56(46)65)29-38(3)17-13-20-51(86-10)64(84)34-50(87-62(83)70-64)39(4)58-63(52,6)89-58/h13,17,20,23-26,30-31,37,39-40,43,50-52,57-58,84H,14-16,18-19,21-22,27-29,32-36H2,1-12H3,(H,68,80)(H,69,77)(H,70,83)(H3,66,67,82)/b20-13+,38-17+/t39-,40+,43-,50+,51-,52+,57+,58+,63+,64+/m1/s1. The van der Waals surface area contributed by atoms with Crippen LogP contribution in [0.25, 0.3) is 0 Å². The van der Waals surface area contributed by atoms with Gasteiger partial charge >= 0.3 is 18.1 Å². The summed E-state index contributed by atoms with van der Waals surface area (Å²) in [6.07, 6.45) is 6.40. The number of alkyl carbamates (subject to hydrolysis) is 1. The first kappa shape index (κ1) is 73.3. The van der Waals surface area contributed by atoms with Gasteiger partial charge in [0.15, 0.2) is 11.5 Å². The number of allylic oxidation sites excluding steroid dienone is 3. The van der Waals surface area contributed by atoms with Gasteiger partial charge in [-0.25, -0.2) is 19.1 Å². The molecule has 0 unspecified atom stereocenters. The first-order valence-electron chi connectivity index (χ1n) is 30.7. The minimum absolute atomic E-state index is 0.0545. The van der Waals surface area contributed by atoms with E-state index < -0.39 is 89.6 Å². The molecular formula is C64H91ClN10O14S2. The number of ketones is 1. The molecule has 2 fully saturated rings. The van der Waals surface area contributed by atoms with E-state index in [0.29, 0.717) is 55.8 Å². The van der Waals surface area contributed by atoms with Crippen molar-refractivity contribution in [3.8, 4) is 5.75 Å². The van der Waals surface area contributed by atoms with E-state index in [-0.39, 0.29) is 73.6 Å². The van der Waals surface area contributed by atoms with Crippen LogP contribution in [0.1, 0.15) is 122 Å². The van der Waals surface area contributed by atoms with Crippen molar-refractivity contribution in [1.29, 1.82) is 0 Å². The maximum atomic E-state index is 14.5. The van der Waals surface area contributed by atoms with Gasteiger partial charge in [-0.1, -0.05) is 73.5 Å². The fourth-order valence-electron chi connectivity index (χ4n) is 11.4. The second kappa shape index (κ2) is 33.7. The van der Waals surface area contributed by atoms with Gasteiger partial charge < -0.3 is 60.3 Å². The minimum atomic E-state index is -1.89. The first-order valence-corrected chi connectivity index (χ1v) is 33.8. The number of aliphatic hydroxyl groups is 1. The molecule has 2 aromatic carbocycles. The van der Waals surface area contributed by atoms with Crippen LogP contribution in [0.5, 0.6) is 5.75 Å². The lowest BCUT2D eigenvalue weighted by Gasteiger charge is -2.42. The molecule has 0 aliphatic carbocycles. The molecule has 2 saturated heterocycles. The number of nitrogens with zero attached hydrogens (tertiary/aromatic N) is 5. The Morgan fingerprint density at radius 3 is 2.40 bits per heavy atom. The number of aryl methyl sites for hydroxylation is 2. The SMILES string of the molecule is COc1cc2cc(c1Cl)N(C)C(=O)C[C@H](OC(=O)[C@H](C)N(C)C(=O)CCCc1ccc(NC(=O)[C@H](CCCNC(N)=O)CC(=O)[C@@H](NC(=O)CCCn3nnc(CSC)c3CSC)C(C)C)cc1)[C@]1(C)O[C@H]1[C@H](C)[C@@H]1C[C@@](O)(NC(=O)O1)[C@H](OC)/C=C/C=C(\C)C2. The zero-order valence-corrected chi connectivity index (χ0v) is 56.7. The summed E-state index contributed by atoms with van der Waals surface area (Å²) in [6.45, 7) is 11.3. The van der Waals surface area contributed by atoms with Gasteiger partial charge in [0.2, 0.25) is 23.6 Å². The number of carbonyl (C=O) groups excluding carboxylic acids is 8. The number of nitrogens with two attached hydrogens (primary N) is 1. The van der Waals surface area contributed by atoms with Crippen LogP contribution in [0.15, 0.2) is 60.2 Å². The number of hydrogen-bond donors (Lipinski definition) is 6. The van der Waals surface area contributed by atoms with Crippen LogP contribution in [0.2, 0.25) is 5.02 Å². The normalized spacial score (nSPS) is 23.6. The second-order valence-electron chi connectivity index (χ2n) is 24.2. The Labute approximate surface area is 546 Å². The molecule has 91 heavy (non-hydrogen) atoms. The Bertz CT molecular complexity index is 3130. The lowest BCUT2D eigenvalue weighted by atomic mass is 9.83. The average molecular weight is 1320 g/mol. The molecule has 0 saturated carbocycles. The quantitative estimate of drug-likeness (QED) is 0.0234. The number of primary amides is 1. The molecule has 3 aliphatic heterocycles. The Balaban J connectivity index is 1.08. The molecular weight excluding hydrogens is 1230 g/mol. The number of nitrogens with one attached hydrogen (secondary N) is 4. The summed E-state index contributed by atoms with van der Waals surface area (Å²) in [5.74, 6) is -2.49. The van der Waals surface area contributed by atoms with E-state index in [1.54, 1.807) is 80.8 Å². The zero-order valence-electron chi connectivity index (χ0n) is 54.3. The Morgan fingerprint density at radius 1 is 1.02 bits per heavy atom. The summed E-state index contributed by atoms with van der Waals surface area (Å²) < 4.78 is 31.5. The number of epoxide rings is 1. The Kier molecular flexibility index (Phi) is 27.2. The van der Waals surface area contributed by atoms with E-state index in [2.05, 4.69) is 31.6 Å².